The zero-order valence-electron chi connectivity index (χ0n) is 9.90. The Labute approximate surface area is 104 Å². The molecule has 1 aromatic rings. The van der Waals surface area contributed by atoms with Gasteiger partial charge in [0.1, 0.15) is 11.4 Å². The van der Waals surface area contributed by atoms with Crippen molar-refractivity contribution in [3.63, 3.8) is 0 Å². The van der Waals surface area contributed by atoms with Gasteiger partial charge in [0.05, 0.1) is 0 Å². The third-order valence-corrected chi connectivity index (χ3v) is 3.82. The second kappa shape index (κ2) is 5.00. The van der Waals surface area contributed by atoms with E-state index in [1.807, 2.05) is 0 Å². The minimum atomic E-state index is -0.816. The molecule has 0 radical (unpaired) electrons. The first-order valence-corrected chi connectivity index (χ1v) is 6.78. The van der Waals surface area contributed by atoms with E-state index in [1.165, 1.54) is 11.5 Å². The van der Waals surface area contributed by atoms with Crippen molar-refractivity contribution >= 4 is 22.6 Å². The van der Waals surface area contributed by atoms with E-state index in [0.717, 1.165) is 31.5 Å². The van der Waals surface area contributed by atoms with Gasteiger partial charge in [-0.05, 0) is 19.3 Å². The number of nitrogens with zero attached hydrogens (tertiary/aromatic N) is 2. The highest BCUT2D eigenvalue weighted by Crippen LogP contribution is 2.33. The van der Waals surface area contributed by atoms with Crippen molar-refractivity contribution in [3.8, 4) is 0 Å². The molecule has 0 unspecified atom stereocenters. The highest BCUT2D eigenvalue weighted by Gasteiger charge is 2.41. The van der Waals surface area contributed by atoms with Gasteiger partial charge in [-0.25, -0.2) is 9.78 Å². The fraction of sp³-hybridized carbons (Fsp3) is 0.727. The van der Waals surface area contributed by atoms with Crippen LogP contribution in [0.4, 0.5) is 5.13 Å². The maximum Gasteiger partial charge on any atom is 0.329 e. The lowest BCUT2D eigenvalue weighted by atomic mass is 9.98. The summed E-state index contributed by atoms with van der Waals surface area (Å²) in [6.07, 6.45) is 5.11. The molecule has 94 valence electrons. The van der Waals surface area contributed by atoms with E-state index in [1.54, 1.807) is 0 Å². The van der Waals surface area contributed by atoms with Crippen molar-refractivity contribution in [2.45, 2.75) is 51.0 Å². The largest absolute Gasteiger partial charge is 0.480 e. The molecule has 17 heavy (non-hydrogen) atoms. The standard InChI is InChI=1S/C11H17N3O2S/c1-2-5-8-12-10(17-14-8)13-11(9(15)16)6-3-4-7-11/h2-7H2,1H3,(H,15,16)(H,12,13,14). The van der Waals surface area contributed by atoms with E-state index in [2.05, 4.69) is 21.6 Å². The molecule has 2 rings (SSSR count). The van der Waals surface area contributed by atoms with Crippen molar-refractivity contribution < 1.29 is 9.90 Å². The summed E-state index contributed by atoms with van der Waals surface area (Å²) in [5, 5.41) is 13.0. The highest BCUT2D eigenvalue weighted by atomic mass is 32.1. The first-order chi connectivity index (χ1) is 8.16. The minimum absolute atomic E-state index is 0.637. The monoisotopic (exact) mass is 255 g/mol. The van der Waals surface area contributed by atoms with Gasteiger partial charge in [0.25, 0.3) is 0 Å². The fourth-order valence-electron chi connectivity index (χ4n) is 2.21. The van der Waals surface area contributed by atoms with E-state index in [4.69, 9.17) is 0 Å². The van der Waals surface area contributed by atoms with Gasteiger partial charge in [0.2, 0.25) is 5.13 Å². The normalized spacial score (nSPS) is 18.2. The van der Waals surface area contributed by atoms with Crippen molar-refractivity contribution in [2.75, 3.05) is 5.32 Å². The number of hydrogen-bond donors (Lipinski definition) is 2. The summed E-state index contributed by atoms with van der Waals surface area (Å²) >= 11 is 1.26. The van der Waals surface area contributed by atoms with Gasteiger partial charge in [-0.1, -0.05) is 19.8 Å². The Hall–Kier alpha value is -1.17. The zero-order chi connectivity index (χ0) is 12.3. The van der Waals surface area contributed by atoms with Gasteiger partial charge in [-0.3, -0.25) is 0 Å². The van der Waals surface area contributed by atoms with E-state index in [9.17, 15) is 9.90 Å². The lowest BCUT2D eigenvalue weighted by Crippen LogP contribution is -2.43. The van der Waals surface area contributed by atoms with Gasteiger partial charge in [0, 0.05) is 18.0 Å². The number of carbonyl (C=O) groups is 1. The Morgan fingerprint density at radius 3 is 2.82 bits per heavy atom. The van der Waals surface area contributed by atoms with Crippen LogP contribution < -0.4 is 5.32 Å². The molecule has 0 amide bonds. The number of rotatable bonds is 5. The fourth-order valence-corrected chi connectivity index (χ4v) is 2.92. The van der Waals surface area contributed by atoms with Crippen LogP contribution in [0.1, 0.15) is 44.9 Å². The molecule has 1 saturated carbocycles. The Balaban J connectivity index is 2.09. The van der Waals surface area contributed by atoms with Crippen molar-refractivity contribution in [3.05, 3.63) is 5.82 Å². The van der Waals surface area contributed by atoms with Crippen molar-refractivity contribution in [1.29, 1.82) is 0 Å². The van der Waals surface area contributed by atoms with Crippen molar-refractivity contribution in [2.24, 2.45) is 0 Å². The second-order valence-electron chi connectivity index (χ2n) is 4.49. The molecule has 1 fully saturated rings. The summed E-state index contributed by atoms with van der Waals surface area (Å²) in [5.74, 6) is 0.0285. The molecule has 0 bridgehead atoms. The molecule has 0 aromatic carbocycles. The lowest BCUT2D eigenvalue weighted by Gasteiger charge is -2.24. The average molecular weight is 255 g/mol. The van der Waals surface area contributed by atoms with E-state index in [-0.39, 0.29) is 0 Å². The molecular weight excluding hydrogens is 238 g/mol. The number of aliphatic carboxylic acids is 1. The van der Waals surface area contributed by atoms with Gasteiger partial charge < -0.3 is 10.4 Å². The van der Waals surface area contributed by atoms with Crippen LogP contribution in [-0.4, -0.2) is 26.0 Å². The summed E-state index contributed by atoms with van der Waals surface area (Å²) in [4.78, 5) is 15.7. The van der Waals surface area contributed by atoms with E-state index >= 15 is 0 Å². The number of carboxylic acid groups (broad SMARTS) is 1. The van der Waals surface area contributed by atoms with Crippen molar-refractivity contribution in [1.82, 2.24) is 9.36 Å². The molecule has 0 spiro atoms. The predicted octanol–water partition coefficient (Wildman–Crippen LogP) is 2.30. The molecule has 5 nitrogen and oxygen atoms in total. The Bertz CT molecular complexity index is 399. The first-order valence-electron chi connectivity index (χ1n) is 6.00. The molecule has 1 heterocycles. The van der Waals surface area contributed by atoms with E-state index in [0.29, 0.717) is 18.0 Å². The second-order valence-corrected chi connectivity index (χ2v) is 5.24. The quantitative estimate of drug-likeness (QED) is 0.844. The SMILES string of the molecule is CCCc1nsc(NC2(C(=O)O)CCCC2)n1. The summed E-state index contributed by atoms with van der Waals surface area (Å²) < 4.78 is 4.21. The Morgan fingerprint density at radius 1 is 1.53 bits per heavy atom. The third kappa shape index (κ3) is 2.57. The number of carboxylic acids is 1. The lowest BCUT2D eigenvalue weighted by molar-refractivity contribution is -0.142. The molecule has 0 aliphatic heterocycles. The molecule has 0 atom stereocenters. The van der Waals surface area contributed by atoms with Crippen LogP contribution in [0, 0.1) is 0 Å². The van der Waals surface area contributed by atoms with Crippen LogP contribution >= 0.6 is 11.5 Å². The van der Waals surface area contributed by atoms with Crippen LogP contribution in [-0.2, 0) is 11.2 Å². The summed E-state index contributed by atoms with van der Waals surface area (Å²) in [7, 11) is 0. The van der Waals surface area contributed by atoms with Crippen LogP contribution in [0.3, 0.4) is 0 Å². The topological polar surface area (TPSA) is 75.1 Å². The molecular formula is C11H17N3O2S. The molecule has 1 aliphatic rings. The van der Waals surface area contributed by atoms with Gasteiger partial charge in [-0.2, -0.15) is 4.37 Å². The summed E-state index contributed by atoms with van der Waals surface area (Å²) in [6.45, 7) is 2.07. The van der Waals surface area contributed by atoms with Crippen LogP contribution in [0.2, 0.25) is 0 Å². The predicted molar refractivity (Wildman–Crippen MR) is 66.4 cm³/mol. The Morgan fingerprint density at radius 2 is 2.24 bits per heavy atom. The maximum absolute atomic E-state index is 11.4. The van der Waals surface area contributed by atoms with Gasteiger partial charge >= 0.3 is 5.97 Å². The molecule has 6 heteroatoms. The summed E-state index contributed by atoms with van der Waals surface area (Å²) in [5.41, 5.74) is -0.816. The van der Waals surface area contributed by atoms with Gasteiger partial charge in [-0.15, -0.1) is 0 Å². The van der Waals surface area contributed by atoms with Crippen LogP contribution in [0.25, 0.3) is 0 Å². The maximum atomic E-state index is 11.4. The number of nitrogens with one attached hydrogen (secondary N) is 1. The highest BCUT2D eigenvalue weighted by molar-refractivity contribution is 7.09. The number of anilines is 1. The van der Waals surface area contributed by atoms with Gasteiger partial charge in [0.15, 0.2) is 0 Å². The molecule has 1 aromatic heterocycles. The summed E-state index contributed by atoms with van der Waals surface area (Å²) in [6, 6.07) is 0. The first kappa shape index (κ1) is 12.3. The number of hydrogen-bond acceptors (Lipinski definition) is 5. The zero-order valence-corrected chi connectivity index (χ0v) is 10.7. The van der Waals surface area contributed by atoms with Crippen LogP contribution in [0.15, 0.2) is 0 Å². The molecule has 0 saturated heterocycles. The van der Waals surface area contributed by atoms with E-state index < -0.39 is 11.5 Å². The molecule has 1 aliphatic carbocycles. The number of aromatic nitrogens is 2. The Kier molecular flexibility index (Phi) is 3.61. The third-order valence-electron chi connectivity index (χ3n) is 3.15. The minimum Gasteiger partial charge on any atom is -0.480 e. The average Bonchev–Trinajstić information content (AvgIpc) is 2.90. The smallest absolute Gasteiger partial charge is 0.329 e. The van der Waals surface area contributed by atoms with Crippen LogP contribution in [0.5, 0.6) is 0 Å². The molecule has 2 N–H and O–H groups in total. The number of aryl methyl sites for hydroxylation is 1.